The smallest absolute Gasteiger partial charge is 0.122 e. The van der Waals surface area contributed by atoms with Gasteiger partial charge in [0.2, 0.25) is 0 Å². The highest BCUT2D eigenvalue weighted by molar-refractivity contribution is 5.33. The van der Waals surface area contributed by atoms with Crippen LogP contribution in [-0.2, 0) is 6.42 Å². The summed E-state index contributed by atoms with van der Waals surface area (Å²) in [6, 6.07) is 7.98. The van der Waals surface area contributed by atoms with E-state index in [0.717, 1.165) is 17.7 Å². The molecule has 1 N–H and O–H groups in total. The van der Waals surface area contributed by atoms with Gasteiger partial charge in [-0.1, -0.05) is 38.5 Å². The van der Waals surface area contributed by atoms with Crippen LogP contribution in [-0.4, -0.2) is 18.3 Å². The molecule has 0 aliphatic heterocycles. The Bertz CT molecular complexity index is 398. The molecule has 2 unspecified atom stereocenters. The van der Waals surface area contributed by atoms with Crippen LogP contribution in [0.1, 0.15) is 38.7 Å². The van der Waals surface area contributed by atoms with Crippen molar-refractivity contribution in [3.63, 3.8) is 0 Å². The lowest BCUT2D eigenvalue weighted by Crippen LogP contribution is -2.31. The van der Waals surface area contributed by atoms with Crippen LogP contribution in [0.15, 0.2) is 24.3 Å². The normalized spacial score (nSPS) is 23.9. The molecule has 1 aliphatic rings. The van der Waals surface area contributed by atoms with Crippen molar-refractivity contribution in [2.24, 2.45) is 11.3 Å². The second kappa shape index (κ2) is 5.31. The fourth-order valence-electron chi connectivity index (χ4n) is 3.31. The van der Waals surface area contributed by atoms with Gasteiger partial charge in [0.15, 0.2) is 0 Å². The quantitative estimate of drug-likeness (QED) is 0.884. The Hall–Kier alpha value is -1.02. The standard InChI is InChI=1S/C16H24O2/c1-16(2)10-6-8-13(16)14(17)11-12-7-4-5-9-15(12)18-3/h4-5,7,9,13-14,17H,6,8,10-11H2,1-3H3. The number of aliphatic hydroxyl groups is 1. The number of benzene rings is 1. The predicted octanol–water partition coefficient (Wildman–Crippen LogP) is 3.42. The van der Waals surface area contributed by atoms with Crippen molar-refractivity contribution in [1.82, 2.24) is 0 Å². The zero-order valence-electron chi connectivity index (χ0n) is 11.6. The zero-order valence-corrected chi connectivity index (χ0v) is 11.6. The van der Waals surface area contributed by atoms with Gasteiger partial charge in [0.1, 0.15) is 5.75 Å². The monoisotopic (exact) mass is 248 g/mol. The fraction of sp³-hybridized carbons (Fsp3) is 0.625. The van der Waals surface area contributed by atoms with Gasteiger partial charge in [-0.15, -0.1) is 0 Å². The van der Waals surface area contributed by atoms with Crippen LogP contribution in [0.4, 0.5) is 0 Å². The van der Waals surface area contributed by atoms with Gasteiger partial charge in [-0.3, -0.25) is 0 Å². The first kappa shape index (κ1) is 13.4. The fourth-order valence-corrected chi connectivity index (χ4v) is 3.31. The van der Waals surface area contributed by atoms with Crippen molar-refractivity contribution in [1.29, 1.82) is 0 Å². The van der Waals surface area contributed by atoms with Crippen LogP contribution in [0.3, 0.4) is 0 Å². The van der Waals surface area contributed by atoms with E-state index in [4.69, 9.17) is 4.74 Å². The Balaban J connectivity index is 2.09. The molecular formula is C16H24O2. The third kappa shape index (κ3) is 2.69. The molecule has 100 valence electrons. The number of methoxy groups -OCH3 is 1. The molecule has 0 aromatic heterocycles. The first-order valence-electron chi connectivity index (χ1n) is 6.84. The minimum Gasteiger partial charge on any atom is -0.496 e. The molecule has 2 nitrogen and oxygen atoms in total. The summed E-state index contributed by atoms with van der Waals surface area (Å²) in [7, 11) is 1.69. The van der Waals surface area contributed by atoms with Crippen molar-refractivity contribution in [2.75, 3.05) is 7.11 Å². The highest BCUT2D eigenvalue weighted by Crippen LogP contribution is 2.45. The lowest BCUT2D eigenvalue weighted by molar-refractivity contribution is 0.0538. The maximum atomic E-state index is 10.5. The molecule has 2 heteroatoms. The first-order valence-corrected chi connectivity index (χ1v) is 6.84. The van der Waals surface area contributed by atoms with E-state index >= 15 is 0 Å². The number of rotatable bonds is 4. The summed E-state index contributed by atoms with van der Waals surface area (Å²) in [5, 5.41) is 10.5. The number of para-hydroxylation sites is 1. The third-order valence-electron chi connectivity index (χ3n) is 4.43. The van der Waals surface area contributed by atoms with Crippen molar-refractivity contribution in [2.45, 2.75) is 45.6 Å². The molecule has 1 aromatic carbocycles. The van der Waals surface area contributed by atoms with Crippen LogP contribution in [0.2, 0.25) is 0 Å². The first-order chi connectivity index (χ1) is 8.54. The lowest BCUT2D eigenvalue weighted by Gasteiger charge is -2.31. The minimum absolute atomic E-state index is 0.265. The van der Waals surface area contributed by atoms with E-state index in [-0.39, 0.29) is 11.5 Å². The summed E-state index contributed by atoms with van der Waals surface area (Å²) in [6.45, 7) is 4.55. The Labute approximate surface area is 110 Å². The highest BCUT2D eigenvalue weighted by Gasteiger charge is 2.38. The Kier molecular flexibility index (Phi) is 3.96. The third-order valence-corrected chi connectivity index (χ3v) is 4.43. The maximum Gasteiger partial charge on any atom is 0.122 e. The van der Waals surface area contributed by atoms with E-state index in [1.165, 1.54) is 12.8 Å². The SMILES string of the molecule is COc1ccccc1CC(O)C1CCCC1(C)C. The number of hydrogen-bond acceptors (Lipinski definition) is 2. The second-order valence-corrected chi connectivity index (χ2v) is 6.07. The molecule has 1 aromatic rings. The largest absolute Gasteiger partial charge is 0.496 e. The Morgan fingerprint density at radius 3 is 2.72 bits per heavy atom. The zero-order chi connectivity index (χ0) is 13.2. The molecule has 0 bridgehead atoms. The molecule has 1 aliphatic carbocycles. The Morgan fingerprint density at radius 2 is 2.11 bits per heavy atom. The summed E-state index contributed by atoms with van der Waals surface area (Å²) in [6.07, 6.45) is 4.03. The van der Waals surface area contributed by atoms with Crippen molar-refractivity contribution in [3.05, 3.63) is 29.8 Å². The van der Waals surface area contributed by atoms with E-state index in [1.807, 2.05) is 24.3 Å². The van der Waals surface area contributed by atoms with Crippen LogP contribution in [0.5, 0.6) is 5.75 Å². The molecule has 18 heavy (non-hydrogen) atoms. The second-order valence-electron chi connectivity index (χ2n) is 6.07. The number of ether oxygens (including phenoxy) is 1. The van der Waals surface area contributed by atoms with E-state index in [0.29, 0.717) is 12.3 Å². The summed E-state index contributed by atoms with van der Waals surface area (Å²) in [5.41, 5.74) is 1.37. The minimum atomic E-state index is -0.265. The van der Waals surface area contributed by atoms with Gasteiger partial charge < -0.3 is 9.84 Å². The molecule has 2 rings (SSSR count). The average Bonchev–Trinajstić information content (AvgIpc) is 2.69. The van der Waals surface area contributed by atoms with E-state index < -0.39 is 0 Å². The molecule has 0 radical (unpaired) electrons. The molecule has 2 atom stereocenters. The summed E-state index contributed by atoms with van der Waals surface area (Å²) >= 11 is 0. The van der Waals surface area contributed by atoms with E-state index in [1.54, 1.807) is 7.11 Å². The van der Waals surface area contributed by atoms with Gasteiger partial charge in [-0.2, -0.15) is 0 Å². The summed E-state index contributed by atoms with van der Waals surface area (Å²) in [5.74, 6) is 1.29. The number of hydrogen-bond donors (Lipinski definition) is 1. The molecule has 1 fully saturated rings. The molecule has 0 heterocycles. The van der Waals surface area contributed by atoms with Gasteiger partial charge in [0, 0.05) is 6.42 Å². The van der Waals surface area contributed by atoms with Gasteiger partial charge >= 0.3 is 0 Å². The molecule has 1 saturated carbocycles. The van der Waals surface area contributed by atoms with Crippen LogP contribution >= 0.6 is 0 Å². The van der Waals surface area contributed by atoms with Crippen molar-refractivity contribution in [3.8, 4) is 5.75 Å². The molecule has 0 saturated heterocycles. The van der Waals surface area contributed by atoms with Gasteiger partial charge in [-0.05, 0) is 35.8 Å². The van der Waals surface area contributed by atoms with Gasteiger partial charge in [0.05, 0.1) is 13.2 Å². The van der Waals surface area contributed by atoms with E-state index in [9.17, 15) is 5.11 Å². The predicted molar refractivity (Wildman–Crippen MR) is 73.8 cm³/mol. The molecule has 0 amide bonds. The van der Waals surface area contributed by atoms with Crippen LogP contribution < -0.4 is 4.74 Å². The van der Waals surface area contributed by atoms with Crippen molar-refractivity contribution < 1.29 is 9.84 Å². The molecule has 0 spiro atoms. The Morgan fingerprint density at radius 1 is 1.39 bits per heavy atom. The van der Waals surface area contributed by atoms with Crippen LogP contribution in [0, 0.1) is 11.3 Å². The number of aliphatic hydroxyl groups excluding tert-OH is 1. The summed E-state index contributed by atoms with van der Waals surface area (Å²) < 4.78 is 5.35. The van der Waals surface area contributed by atoms with Gasteiger partial charge in [0.25, 0.3) is 0 Å². The topological polar surface area (TPSA) is 29.5 Å². The molecular weight excluding hydrogens is 224 g/mol. The van der Waals surface area contributed by atoms with Gasteiger partial charge in [-0.25, -0.2) is 0 Å². The maximum absolute atomic E-state index is 10.5. The van der Waals surface area contributed by atoms with E-state index in [2.05, 4.69) is 13.8 Å². The highest BCUT2D eigenvalue weighted by atomic mass is 16.5. The van der Waals surface area contributed by atoms with Crippen molar-refractivity contribution >= 4 is 0 Å². The lowest BCUT2D eigenvalue weighted by atomic mass is 9.77. The average molecular weight is 248 g/mol. The summed E-state index contributed by atoms with van der Waals surface area (Å²) in [4.78, 5) is 0. The van der Waals surface area contributed by atoms with Crippen LogP contribution in [0.25, 0.3) is 0 Å².